The second-order valence-corrected chi connectivity index (χ2v) is 17.7. The first kappa shape index (κ1) is 57.2. The summed E-state index contributed by atoms with van der Waals surface area (Å²) in [5.41, 5.74) is 6.71. The van der Waals surface area contributed by atoms with Crippen molar-refractivity contribution >= 4 is 59.1 Å². The number of aliphatic hydroxyl groups is 1. The number of rotatable bonds is 17. The first-order chi connectivity index (χ1) is 34.2. The van der Waals surface area contributed by atoms with Crippen molar-refractivity contribution in [2.24, 2.45) is 5.73 Å². The number of allylic oxidation sites excluding steroid dienone is 1. The number of primary amides is 1. The van der Waals surface area contributed by atoms with Gasteiger partial charge >= 0.3 is 5.97 Å². The molecule has 9 amide bonds. The molecule has 0 saturated carbocycles. The van der Waals surface area contributed by atoms with Crippen LogP contribution >= 0.6 is 0 Å². The highest BCUT2D eigenvalue weighted by Crippen LogP contribution is 2.27. The van der Waals surface area contributed by atoms with E-state index in [1.54, 1.807) is 37.3 Å². The van der Waals surface area contributed by atoms with Gasteiger partial charge in [0.1, 0.15) is 60.4 Å². The minimum Gasteiger partial charge on any atom is -0.508 e. The number of carbonyl (C=O) groups is 10. The van der Waals surface area contributed by atoms with Gasteiger partial charge in [-0.1, -0.05) is 48.5 Å². The van der Waals surface area contributed by atoms with Gasteiger partial charge in [-0.15, -0.1) is 0 Å². The van der Waals surface area contributed by atoms with Gasteiger partial charge in [0.25, 0.3) is 0 Å². The number of fused-ring (bicyclic) bond motifs is 1. The molecular formula is C49H67N9O14. The highest BCUT2D eigenvalue weighted by molar-refractivity contribution is 6.00. The second kappa shape index (κ2) is 27.3. The van der Waals surface area contributed by atoms with Gasteiger partial charge in [0.15, 0.2) is 0 Å². The average Bonchev–Trinajstić information content (AvgIpc) is 3.80. The summed E-state index contributed by atoms with van der Waals surface area (Å²) >= 11 is 0. The van der Waals surface area contributed by atoms with E-state index in [0.29, 0.717) is 11.1 Å². The largest absolute Gasteiger partial charge is 0.508 e. The molecule has 2 aliphatic rings. The van der Waals surface area contributed by atoms with Crippen LogP contribution in [0.1, 0.15) is 77.3 Å². The first-order valence-corrected chi connectivity index (χ1v) is 23.6. The third kappa shape index (κ3) is 16.1. The van der Waals surface area contributed by atoms with Gasteiger partial charge in [-0.2, -0.15) is 0 Å². The molecular weight excluding hydrogens is 939 g/mol. The van der Waals surface area contributed by atoms with Gasteiger partial charge < -0.3 is 67.1 Å². The number of cyclic esters (lactones) is 1. The number of nitrogens with one attached hydrogen (secondary N) is 6. The van der Waals surface area contributed by atoms with Crippen molar-refractivity contribution in [3.8, 4) is 5.75 Å². The Kier molecular flexibility index (Phi) is 21.7. The number of aromatic hydroxyl groups is 1. The van der Waals surface area contributed by atoms with Gasteiger partial charge in [-0.05, 0) is 76.6 Å². The lowest BCUT2D eigenvalue weighted by molar-refractivity contribution is -0.157. The van der Waals surface area contributed by atoms with Crippen LogP contribution in [0.3, 0.4) is 0 Å². The SMILES string of the molecule is C/C=C(\C)C(=O)N[C@H](CCC(N)=O)C(=O)N[C@@H]1C(=O)N[C@@H](CCC(=O)NCCO)C(=O)N2[C@H](OC)CC[C@H]2C(=O)N[C@@H](Cc2ccccc2)C(=O)N(C)[C@@H](Cc2ccc(O)cc2)C(=O)N[C@H](C)C(=O)O[C@H]1C. The van der Waals surface area contributed by atoms with Crippen molar-refractivity contribution in [3.05, 3.63) is 77.4 Å². The number of ether oxygens (including phenoxy) is 2. The fraction of sp³-hybridized carbons (Fsp3) is 0.510. The number of phenolic OH excluding ortho intramolecular Hbond substituents is 1. The zero-order valence-corrected chi connectivity index (χ0v) is 41.3. The lowest BCUT2D eigenvalue weighted by atomic mass is 10.00. The fourth-order valence-corrected chi connectivity index (χ4v) is 8.13. The number of carbonyl (C=O) groups excluding carboxylic acids is 10. The molecule has 2 aromatic carbocycles. The predicted octanol–water partition coefficient (Wildman–Crippen LogP) is -1.52. The molecule has 9 atom stereocenters. The number of methoxy groups -OCH3 is 1. The van der Waals surface area contributed by atoms with E-state index < -0.39 is 133 Å². The number of amides is 9. The van der Waals surface area contributed by atoms with Gasteiger partial charge in [-0.3, -0.25) is 43.2 Å². The quantitative estimate of drug-likeness (QED) is 0.0643. The molecule has 72 heavy (non-hydrogen) atoms. The Hall–Kier alpha value is -7.40. The summed E-state index contributed by atoms with van der Waals surface area (Å²) in [6.45, 7) is 5.03. The number of hydrogen-bond acceptors (Lipinski definition) is 14. The number of benzene rings is 2. The maximum atomic E-state index is 15.0. The van der Waals surface area contributed by atoms with Crippen molar-refractivity contribution in [3.63, 3.8) is 0 Å². The summed E-state index contributed by atoms with van der Waals surface area (Å²) in [4.78, 5) is 141. The maximum Gasteiger partial charge on any atom is 0.328 e. The van der Waals surface area contributed by atoms with Crippen molar-refractivity contribution in [2.75, 3.05) is 27.3 Å². The van der Waals surface area contributed by atoms with Crippen molar-refractivity contribution < 1.29 is 67.6 Å². The van der Waals surface area contributed by atoms with E-state index in [0.717, 1.165) is 9.80 Å². The van der Waals surface area contributed by atoms with Crippen LogP contribution in [-0.2, 0) is 70.3 Å². The van der Waals surface area contributed by atoms with Crippen molar-refractivity contribution in [2.45, 2.75) is 134 Å². The minimum atomic E-state index is -1.89. The third-order valence-electron chi connectivity index (χ3n) is 12.4. The Balaban J connectivity index is 1.88. The highest BCUT2D eigenvalue weighted by Gasteiger charge is 2.46. The first-order valence-electron chi connectivity index (χ1n) is 23.6. The number of hydrogen-bond donors (Lipinski definition) is 9. The highest BCUT2D eigenvalue weighted by atomic mass is 16.5. The summed E-state index contributed by atoms with van der Waals surface area (Å²) in [6.07, 6.45) is -2.85. The maximum absolute atomic E-state index is 15.0. The van der Waals surface area contributed by atoms with E-state index in [9.17, 15) is 58.2 Å². The molecule has 2 aliphatic heterocycles. The third-order valence-corrected chi connectivity index (χ3v) is 12.4. The number of likely N-dealkylation sites (N-methyl/N-ethyl adjacent to an activating group) is 1. The van der Waals surface area contributed by atoms with Gasteiger partial charge in [0.05, 0.1) is 6.61 Å². The van der Waals surface area contributed by atoms with Gasteiger partial charge in [0, 0.05) is 52.0 Å². The smallest absolute Gasteiger partial charge is 0.328 e. The standard InChI is InChI=1S/C49H67N9O14/c1-7-27(2)42(63)53-33(17-20-38(50)61)43(64)56-41-29(4)72-49(70)28(3)52-45(66)37(26-31-13-15-32(60)16-14-31)57(5)47(68)35(25-30-11-9-8-10-12-30)55-44(65)36-19-22-40(71-6)58(36)48(69)34(54-46(41)67)18-21-39(62)51-23-24-59/h7-16,28-29,33-37,40-41,59-60H,17-26H2,1-6H3,(H2,50,61)(H,51,62)(H,52,66)(H,53,63)(H,54,67)(H,55,65)(H,56,64)/b27-7+/t28-,29+,33-,34+,35+,36+,37+,40-,41+/m1/s1. The van der Waals surface area contributed by atoms with E-state index in [-0.39, 0.29) is 56.4 Å². The van der Waals surface area contributed by atoms with E-state index in [4.69, 9.17) is 15.2 Å². The molecule has 23 heteroatoms. The Morgan fingerprint density at radius 2 is 1.53 bits per heavy atom. The minimum absolute atomic E-state index is 0.0103. The number of nitrogens with zero attached hydrogens (tertiary/aromatic N) is 2. The molecule has 0 aliphatic carbocycles. The fourth-order valence-electron chi connectivity index (χ4n) is 8.13. The van der Waals surface area contributed by atoms with Crippen LogP contribution in [0.15, 0.2) is 66.2 Å². The molecule has 4 rings (SSSR count). The number of nitrogens with two attached hydrogens (primary N) is 1. The van der Waals surface area contributed by atoms with E-state index in [1.807, 2.05) is 0 Å². The molecule has 0 spiro atoms. The van der Waals surface area contributed by atoms with Crippen LogP contribution in [-0.4, -0.2) is 161 Å². The topological polar surface area (TPSA) is 334 Å². The molecule has 2 saturated heterocycles. The lowest BCUT2D eigenvalue weighted by Gasteiger charge is -2.34. The number of phenols is 1. The monoisotopic (exact) mass is 1010 g/mol. The molecule has 10 N–H and O–H groups in total. The lowest BCUT2D eigenvalue weighted by Crippen LogP contribution is -2.62. The van der Waals surface area contributed by atoms with Gasteiger partial charge in [0.2, 0.25) is 53.2 Å². The van der Waals surface area contributed by atoms with Crippen LogP contribution in [0.25, 0.3) is 0 Å². The molecule has 2 fully saturated rings. The van der Waals surface area contributed by atoms with Crippen LogP contribution in [0.4, 0.5) is 0 Å². The van der Waals surface area contributed by atoms with Crippen molar-refractivity contribution in [1.82, 2.24) is 41.7 Å². The van der Waals surface area contributed by atoms with Crippen LogP contribution in [0.2, 0.25) is 0 Å². The molecule has 0 radical (unpaired) electrons. The zero-order chi connectivity index (χ0) is 53.2. The normalized spacial score (nSPS) is 24.2. The van der Waals surface area contributed by atoms with Crippen LogP contribution < -0.4 is 37.6 Å². The summed E-state index contributed by atoms with van der Waals surface area (Å²) in [7, 11) is 2.65. The van der Waals surface area contributed by atoms with Crippen LogP contribution in [0, 0.1) is 0 Å². The molecule has 0 unspecified atom stereocenters. The Labute approximate surface area is 417 Å². The Morgan fingerprint density at radius 1 is 0.875 bits per heavy atom. The predicted molar refractivity (Wildman–Crippen MR) is 257 cm³/mol. The Morgan fingerprint density at radius 3 is 2.15 bits per heavy atom. The van der Waals surface area contributed by atoms with Gasteiger partial charge in [-0.25, -0.2) is 4.79 Å². The van der Waals surface area contributed by atoms with Crippen LogP contribution in [0.5, 0.6) is 5.75 Å². The Bertz CT molecular complexity index is 2310. The summed E-state index contributed by atoms with van der Waals surface area (Å²) < 4.78 is 11.4. The molecule has 23 nitrogen and oxygen atoms in total. The molecule has 2 heterocycles. The van der Waals surface area contributed by atoms with E-state index in [2.05, 4.69) is 31.9 Å². The summed E-state index contributed by atoms with van der Waals surface area (Å²) in [5, 5.41) is 34.7. The second-order valence-electron chi connectivity index (χ2n) is 17.7. The number of aliphatic hydroxyl groups excluding tert-OH is 1. The van der Waals surface area contributed by atoms with E-state index in [1.165, 1.54) is 65.3 Å². The average molecular weight is 1010 g/mol. The molecule has 0 aromatic heterocycles. The molecule has 392 valence electrons. The van der Waals surface area contributed by atoms with E-state index >= 15 is 0 Å². The summed E-state index contributed by atoms with van der Waals surface area (Å²) in [5.74, 6) is -8.76. The van der Waals surface area contributed by atoms with Crippen molar-refractivity contribution in [1.29, 1.82) is 0 Å². The molecule has 0 bridgehead atoms. The summed E-state index contributed by atoms with van der Waals surface area (Å²) in [6, 6.07) is 4.01. The number of esters is 1. The molecule has 2 aromatic rings. The zero-order valence-electron chi connectivity index (χ0n) is 41.3.